The predicted molar refractivity (Wildman–Crippen MR) is 25.0 cm³/mol. The SMILES string of the molecule is [C]1C=CCCN1. The van der Waals surface area contributed by atoms with Gasteiger partial charge in [-0.25, -0.2) is 0 Å². The second-order valence-electron chi connectivity index (χ2n) is 1.26. The van der Waals surface area contributed by atoms with Crippen molar-refractivity contribution in [3.63, 3.8) is 0 Å². The fourth-order valence-electron chi connectivity index (χ4n) is 0.429. The summed E-state index contributed by atoms with van der Waals surface area (Å²) in [5.41, 5.74) is 0. The van der Waals surface area contributed by atoms with Crippen LogP contribution in [0.5, 0.6) is 0 Å². The van der Waals surface area contributed by atoms with Gasteiger partial charge in [-0.05, 0) is 13.0 Å². The smallest absolute Gasteiger partial charge is 0.0851 e. The van der Waals surface area contributed by atoms with Gasteiger partial charge in [0, 0.05) is 0 Å². The Balaban J connectivity index is 2.26. The van der Waals surface area contributed by atoms with Crippen molar-refractivity contribution >= 4 is 0 Å². The molecule has 1 nitrogen and oxygen atoms in total. The van der Waals surface area contributed by atoms with Gasteiger partial charge in [-0.1, -0.05) is 12.2 Å². The van der Waals surface area contributed by atoms with E-state index in [1.165, 1.54) is 0 Å². The van der Waals surface area contributed by atoms with Gasteiger partial charge in [-0.15, -0.1) is 0 Å². The quantitative estimate of drug-likeness (QED) is 0.449. The lowest BCUT2D eigenvalue weighted by atomic mass is 10.3. The van der Waals surface area contributed by atoms with Crippen molar-refractivity contribution < 1.29 is 0 Å². The molecule has 32 valence electrons. The molecule has 0 bridgehead atoms. The van der Waals surface area contributed by atoms with E-state index in [2.05, 4.69) is 17.9 Å². The summed E-state index contributed by atoms with van der Waals surface area (Å²) < 4.78 is 0. The molecule has 1 aliphatic heterocycles. The van der Waals surface area contributed by atoms with Crippen molar-refractivity contribution in [1.82, 2.24) is 5.32 Å². The third-order valence-corrected chi connectivity index (χ3v) is 0.739. The Bertz CT molecular complexity index is 49.0. The van der Waals surface area contributed by atoms with Crippen LogP contribution in [-0.2, 0) is 0 Å². The lowest BCUT2D eigenvalue weighted by Crippen LogP contribution is -2.12. The van der Waals surface area contributed by atoms with E-state index in [0.717, 1.165) is 13.0 Å². The van der Waals surface area contributed by atoms with Crippen molar-refractivity contribution in [3.8, 4) is 0 Å². The predicted octanol–water partition coefficient (Wildman–Crippen LogP) is 0.575. The molecule has 0 saturated carbocycles. The molecule has 0 aromatic carbocycles. The van der Waals surface area contributed by atoms with E-state index in [1.807, 2.05) is 6.08 Å². The maximum atomic E-state index is 2.95. The van der Waals surface area contributed by atoms with E-state index in [4.69, 9.17) is 0 Å². The Kier molecular flexibility index (Phi) is 1.28. The first-order valence-corrected chi connectivity index (χ1v) is 2.13. The van der Waals surface area contributed by atoms with Crippen molar-refractivity contribution in [2.24, 2.45) is 0 Å². The number of hydrogen-bond acceptors (Lipinski definition) is 1. The maximum absolute atomic E-state index is 2.95. The molecule has 0 aliphatic carbocycles. The van der Waals surface area contributed by atoms with E-state index in [-0.39, 0.29) is 0 Å². The minimum atomic E-state index is 1.05. The van der Waals surface area contributed by atoms with Crippen molar-refractivity contribution in [1.29, 1.82) is 0 Å². The van der Waals surface area contributed by atoms with Crippen molar-refractivity contribution in [2.75, 3.05) is 6.54 Å². The molecule has 0 unspecified atom stereocenters. The third-order valence-electron chi connectivity index (χ3n) is 0.739. The van der Waals surface area contributed by atoms with Crippen LogP contribution in [0.1, 0.15) is 6.42 Å². The first-order valence-electron chi connectivity index (χ1n) is 2.13. The first-order chi connectivity index (χ1) is 3.00. The zero-order chi connectivity index (χ0) is 4.24. The molecule has 0 saturated heterocycles. The highest BCUT2D eigenvalue weighted by Crippen LogP contribution is 1.88. The topological polar surface area (TPSA) is 12.0 Å². The Hall–Kier alpha value is -0.300. The van der Waals surface area contributed by atoms with Gasteiger partial charge in [0.15, 0.2) is 0 Å². The largest absolute Gasteiger partial charge is 0.304 e. The highest BCUT2D eigenvalue weighted by Gasteiger charge is 1.86. The van der Waals surface area contributed by atoms with Gasteiger partial charge in [0.2, 0.25) is 0 Å². The normalized spacial score (nSPS) is 21.3. The number of rotatable bonds is 0. The summed E-state index contributed by atoms with van der Waals surface area (Å²) in [6.07, 6.45) is 5.15. The standard InChI is InChI=1S/C5H7N/c1-2-4-6-5-3-1/h1-2,6H,3,5H2. The fourth-order valence-corrected chi connectivity index (χ4v) is 0.429. The van der Waals surface area contributed by atoms with Gasteiger partial charge in [0.25, 0.3) is 0 Å². The van der Waals surface area contributed by atoms with Gasteiger partial charge < -0.3 is 5.32 Å². The van der Waals surface area contributed by atoms with Crippen LogP contribution in [0.25, 0.3) is 0 Å². The Labute approximate surface area is 38.1 Å². The number of nitrogens with one attached hydrogen (secondary N) is 1. The molecule has 1 heteroatoms. The molecule has 0 atom stereocenters. The molecule has 1 N–H and O–H groups in total. The van der Waals surface area contributed by atoms with Gasteiger partial charge in [0.1, 0.15) is 0 Å². The summed E-state index contributed by atoms with van der Waals surface area (Å²) in [4.78, 5) is 0. The molecule has 0 aromatic rings. The van der Waals surface area contributed by atoms with E-state index in [9.17, 15) is 0 Å². The van der Waals surface area contributed by atoms with Gasteiger partial charge >= 0.3 is 0 Å². The zero-order valence-corrected chi connectivity index (χ0v) is 3.57. The Morgan fingerprint density at radius 3 is 2.83 bits per heavy atom. The van der Waals surface area contributed by atoms with Crippen LogP contribution in [0.15, 0.2) is 12.2 Å². The molecule has 6 heavy (non-hydrogen) atoms. The summed E-state index contributed by atoms with van der Waals surface area (Å²) >= 11 is 0. The second-order valence-corrected chi connectivity index (χ2v) is 1.26. The maximum Gasteiger partial charge on any atom is 0.0851 e. The van der Waals surface area contributed by atoms with Gasteiger partial charge in [0.05, 0.1) is 6.54 Å². The highest BCUT2D eigenvalue weighted by molar-refractivity contribution is 4.97. The minimum absolute atomic E-state index is 1.05. The average molecular weight is 81.1 g/mol. The van der Waals surface area contributed by atoms with Gasteiger partial charge in [-0.2, -0.15) is 0 Å². The van der Waals surface area contributed by atoms with Crippen molar-refractivity contribution in [2.45, 2.75) is 6.42 Å². The molecule has 0 fully saturated rings. The molecular formula is C5H7N. The minimum Gasteiger partial charge on any atom is -0.304 e. The molecule has 0 spiro atoms. The third kappa shape index (κ3) is 0.830. The summed E-state index contributed by atoms with van der Waals surface area (Å²) in [5.74, 6) is 0. The van der Waals surface area contributed by atoms with E-state index < -0.39 is 0 Å². The average Bonchev–Trinajstić information content (AvgIpc) is 1.72. The molecule has 1 rings (SSSR count). The number of hydrogen-bond donors (Lipinski definition) is 1. The fraction of sp³-hybridized carbons (Fsp3) is 0.400. The monoisotopic (exact) mass is 81.1 g/mol. The summed E-state index contributed by atoms with van der Waals surface area (Å²) in [6, 6.07) is 0. The highest BCUT2D eigenvalue weighted by atomic mass is 14.8. The lowest BCUT2D eigenvalue weighted by Gasteiger charge is -1.99. The van der Waals surface area contributed by atoms with Crippen molar-refractivity contribution in [3.05, 3.63) is 18.7 Å². The molecule has 0 aromatic heterocycles. The summed E-state index contributed by atoms with van der Waals surface area (Å²) in [5, 5.41) is 2.95. The Morgan fingerprint density at radius 2 is 2.67 bits per heavy atom. The zero-order valence-electron chi connectivity index (χ0n) is 3.57. The first kappa shape index (κ1) is 3.88. The summed E-state index contributed by atoms with van der Waals surface area (Å²) in [6.45, 7) is 3.91. The second kappa shape index (κ2) is 1.98. The molecule has 0 amide bonds. The molecule has 1 aliphatic rings. The van der Waals surface area contributed by atoms with Crippen LogP contribution in [-0.4, -0.2) is 6.54 Å². The Morgan fingerprint density at radius 1 is 1.67 bits per heavy atom. The van der Waals surface area contributed by atoms with Crippen LogP contribution in [0.3, 0.4) is 0 Å². The van der Waals surface area contributed by atoms with Crippen LogP contribution < -0.4 is 5.32 Å². The van der Waals surface area contributed by atoms with Crippen LogP contribution in [0, 0.1) is 6.54 Å². The van der Waals surface area contributed by atoms with Crippen LogP contribution >= 0.6 is 0 Å². The van der Waals surface area contributed by atoms with Crippen LogP contribution in [0.2, 0.25) is 0 Å². The molecule has 1 heterocycles. The van der Waals surface area contributed by atoms with Gasteiger partial charge in [-0.3, -0.25) is 0 Å². The van der Waals surface area contributed by atoms with E-state index in [0.29, 0.717) is 0 Å². The van der Waals surface area contributed by atoms with Crippen LogP contribution in [0.4, 0.5) is 0 Å². The van der Waals surface area contributed by atoms with E-state index in [1.54, 1.807) is 0 Å². The summed E-state index contributed by atoms with van der Waals surface area (Å²) in [7, 11) is 0. The molecule has 2 radical (unpaired) electrons. The van der Waals surface area contributed by atoms with E-state index >= 15 is 0 Å². The lowest BCUT2D eigenvalue weighted by molar-refractivity contribution is 0.791. The molecular weight excluding hydrogens is 74.1 g/mol.